The van der Waals surface area contributed by atoms with Crippen molar-refractivity contribution in [3.05, 3.63) is 65.9 Å². The zero-order chi connectivity index (χ0) is 17.2. The first-order chi connectivity index (χ1) is 12.2. The van der Waals surface area contributed by atoms with Crippen molar-refractivity contribution in [1.82, 2.24) is 9.88 Å². The number of piperazine rings is 1. The number of ketones is 1. The molecule has 3 aromatic rings. The SMILES string of the molecule is Cc1ccccc1N1CCN(CC(=O)c2c[nH]c3ccccc23)CC1. The van der Waals surface area contributed by atoms with E-state index in [-0.39, 0.29) is 5.78 Å². The van der Waals surface area contributed by atoms with Crippen LogP contribution in [-0.4, -0.2) is 48.4 Å². The highest BCUT2D eigenvalue weighted by Gasteiger charge is 2.21. The number of aromatic nitrogens is 1. The third-order valence-electron chi connectivity index (χ3n) is 5.09. The molecule has 0 aliphatic carbocycles. The van der Waals surface area contributed by atoms with E-state index in [1.54, 1.807) is 0 Å². The lowest BCUT2D eigenvalue weighted by atomic mass is 10.1. The number of anilines is 1. The molecule has 25 heavy (non-hydrogen) atoms. The topological polar surface area (TPSA) is 39.3 Å². The summed E-state index contributed by atoms with van der Waals surface area (Å²) in [4.78, 5) is 20.6. The molecule has 1 aromatic heterocycles. The van der Waals surface area contributed by atoms with Crippen molar-refractivity contribution in [2.24, 2.45) is 0 Å². The minimum Gasteiger partial charge on any atom is -0.369 e. The van der Waals surface area contributed by atoms with Gasteiger partial charge in [-0.25, -0.2) is 0 Å². The molecule has 2 aromatic carbocycles. The highest BCUT2D eigenvalue weighted by Crippen LogP contribution is 2.22. The van der Waals surface area contributed by atoms with Gasteiger partial charge >= 0.3 is 0 Å². The molecule has 1 N–H and O–H groups in total. The molecule has 4 rings (SSSR count). The van der Waals surface area contributed by atoms with E-state index in [1.807, 2.05) is 30.5 Å². The van der Waals surface area contributed by atoms with Crippen molar-refractivity contribution in [3.8, 4) is 0 Å². The van der Waals surface area contributed by atoms with Gasteiger partial charge in [-0.05, 0) is 24.6 Å². The Morgan fingerprint density at radius 1 is 1.00 bits per heavy atom. The third-order valence-corrected chi connectivity index (χ3v) is 5.09. The number of Topliss-reactive ketones (excluding diaryl/α,β-unsaturated/α-hetero) is 1. The molecule has 0 saturated carbocycles. The van der Waals surface area contributed by atoms with E-state index < -0.39 is 0 Å². The normalized spacial score (nSPS) is 15.6. The maximum atomic E-state index is 12.7. The summed E-state index contributed by atoms with van der Waals surface area (Å²) in [5.41, 5.74) is 4.45. The summed E-state index contributed by atoms with van der Waals surface area (Å²) in [5, 5.41) is 1.02. The number of aryl methyl sites for hydroxylation is 1. The number of carbonyl (C=O) groups excluding carboxylic acids is 1. The van der Waals surface area contributed by atoms with Gasteiger partial charge in [0.15, 0.2) is 5.78 Å². The van der Waals surface area contributed by atoms with Crippen LogP contribution < -0.4 is 4.90 Å². The van der Waals surface area contributed by atoms with Crippen LogP contribution in [0.3, 0.4) is 0 Å². The summed E-state index contributed by atoms with van der Waals surface area (Å²) in [6.07, 6.45) is 1.84. The van der Waals surface area contributed by atoms with Crippen LogP contribution in [0.5, 0.6) is 0 Å². The van der Waals surface area contributed by atoms with Gasteiger partial charge in [-0.1, -0.05) is 36.4 Å². The summed E-state index contributed by atoms with van der Waals surface area (Å²) in [5.74, 6) is 0.196. The van der Waals surface area contributed by atoms with Crippen LogP contribution in [0.2, 0.25) is 0 Å². The number of rotatable bonds is 4. The molecule has 128 valence electrons. The molecule has 1 aliphatic heterocycles. The van der Waals surface area contributed by atoms with Gasteiger partial charge in [-0.15, -0.1) is 0 Å². The van der Waals surface area contributed by atoms with Gasteiger partial charge in [0.05, 0.1) is 6.54 Å². The summed E-state index contributed by atoms with van der Waals surface area (Å²) >= 11 is 0. The zero-order valence-electron chi connectivity index (χ0n) is 14.5. The second kappa shape index (κ2) is 6.73. The highest BCUT2D eigenvalue weighted by molar-refractivity contribution is 6.08. The van der Waals surface area contributed by atoms with Crippen molar-refractivity contribution in [2.75, 3.05) is 37.6 Å². The average Bonchev–Trinajstić information content (AvgIpc) is 3.07. The van der Waals surface area contributed by atoms with Crippen LogP contribution in [0.25, 0.3) is 10.9 Å². The fourth-order valence-corrected chi connectivity index (χ4v) is 3.66. The Balaban J connectivity index is 1.40. The maximum Gasteiger partial charge on any atom is 0.178 e. The molecular formula is C21H23N3O. The van der Waals surface area contributed by atoms with Gasteiger partial charge in [-0.3, -0.25) is 9.69 Å². The summed E-state index contributed by atoms with van der Waals surface area (Å²) < 4.78 is 0. The first-order valence-corrected chi connectivity index (χ1v) is 8.84. The fraction of sp³-hybridized carbons (Fsp3) is 0.286. The van der Waals surface area contributed by atoms with E-state index in [9.17, 15) is 4.79 Å². The van der Waals surface area contributed by atoms with Crippen LogP contribution in [0.4, 0.5) is 5.69 Å². The molecule has 1 aliphatic rings. The largest absolute Gasteiger partial charge is 0.369 e. The molecule has 2 heterocycles. The molecular weight excluding hydrogens is 310 g/mol. The van der Waals surface area contributed by atoms with Gasteiger partial charge < -0.3 is 9.88 Å². The summed E-state index contributed by atoms with van der Waals surface area (Å²) in [6, 6.07) is 16.5. The Hall–Kier alpha value is -2.59. The number of fused-ring (bicyclic) bond motifs is 1. The van der Waals surface area contributed by atoms with Crippen molar-refractivity contribution in [1.29, 1.82) is 0 Å². The molecule has 0 bridgehead atoms. The van der Waals surface area contributed by atoms with Crippen molar-refractivity contribution in [2.45, 2.75) is 6.92 Å². The van der Waals surface area contributed by atoms with Gasteiger partial charge in [0, 0.05) is 54.5 Å². The van der Waals surface area contributed by atoms with Crippen LogP contribution in [0.1, 0.15) is 15.9 Å². The molecule has 4 heteroatoms. The van der Waals surface area contributed by atoms with Crippen LogP contribution >= 0.6 is 0 Å². The Labute approximate surface area is 148 Å². The third kappa shape index (κ3) is 3.17. The summed E-state index contributed by atoms with van der Waals surface area (Å²) in [6.45, 7) is 6.41. The minimum absolute atomic E-state index is 0.196. The molecule has 0 spiro atoms. The van der Waals surface area contributed by atoms with E-state index in [1.165, 1.54) is 11.3 Å². The summed E-state index contributed by atoms with van der Waals surface area (Å²) in [7, 11) is 0. The monoisotopic (exact) mass is 333 g/mol. The Morgan fingerprint density at radius 3 is 2.52 bits per heavy atom. The zero-order valence-corrected chi connectivity index (χ0v) is 14.5. The number of hydrogen-bond donors (Lipinski definition) is 1. The predicted molar refractivity (Wildman–Crippen MR) is 102 cm³/mol. The number of carbonyl (C=O) groups is 1. The first kappa shape index (κ1) is 15.9. The van der Waals surface area contributed by atoms with Crippen LogP contribution in [0, 0.1) is 6.92 Å². The van der Waals surface area contributed by atoms with Gasteiger partial charge in [0.1, 0.15) is 0 Å². The first-order valence-electron chi connectivity index (χ1n) is 8.84. The number of aromatic amines is 1. The van der Waals surface area contributed by atoms with Gasteiger partial charge in [0.2, 0.25) is 0 Å². The number of benzene rings is 2. The van der Waals surface area contributed by atoms with Crippen LogP contribution in [0.15, 0.2) is 54.7 Å². The second-order valence-corrected chi connectivity index (χ2v) is 6.72. The standard InChI is InChI=1S/C21H23N3O/c1-16-6-2-5-9-20(16)24-12-10-23(11-13-24)15-21(25)18-14-22-19-8-4-3-7-17(18)19/h2-9,14,22H,10-13,15H2,1H3. The van der Waals surface area contributed by atoms with Gasteiger partial charge in [0.25, 0.3) is 0 Å². The van der Waals surface area contributed by atoms with Crippen molar-refractivity contribution < 1.29 is 4.79 Å². The van der Waals surface area contributed by atoms with Crippen molar-refractivity contribution in [3.63, 3.8) is 0 Å². The number of nitrogens with zero attached hydrogens (tertiary/aromatic N) is 2. The van der Waals surface area contributed by atoms with Crippen LogP contribution in [-0.2, 0) is 0 Å². The Kier molecular flexibility index (Phi) is 4.28. The molecule has 0 radical (unpaired) electrons. The van der Waals surface area contributed by atoms with E-state index in [4.69, 9.17) is 0 Å². The fourth-order valence-electron chi connectivity index (χ4n) is 3.66. The van der Waals surface area contributed by atoms with E-state index in [0.29, 0.717) is 6.54 Å². The van der Waals surface area contributed by atoms with E-state index in [2.05, 4.69) is 46.0 Å². The Morgan fingerprint density at radius 2 is 1.72 bits per heavy atom. The lowest BCUT2D eigenvalue weighted by Gasteiger charge is -2.36. The van der Waals surface area contributed by atoms with E-state index >= 15 is 0 Å². The number of nitrogens with one attached hydrogen (secondary N) is 1. The lowest BCUT2D eigenvalue weighted by Crippen LogP contribution is -2.48. The molecule has 4 nitrogen and oxygen atoms in total. The number of hydrogen-bond acceptors (Lipinski definition) is 3. The highest BCUT2D eigenvalue weighted by atomic mass is 16.1. The molecule has 0 atom stereocenters. The molecule has 0 amide bonds. The number of H-pyrrole nitrogens is 1. The van der Waals surface area contributed by atoms with Gasteiger partial charge in [-0.2, -0.15) is 0 Å². The lowest BCUT2D eigenvalue weighted by molar-refractivity contribution is 0.0928. The quantitative estimate of drug-likeness (QED) is 0.743. The minimum atomic E-state index is 0.196. The molecule has 1 saturated heterocycles. The second-order valence-electron chi connectivity index (χ2n) is 6.72. The smallest absolute Gasteiger partial charge is 0.178 e. The average molecular weight is 333 g/mol. The van der Waals surface area contributed by atoms with E-state index in [0.717, 1.165) is 42.6 Å². The molecule has 1 fully saturated rings. The van der Waals surface area contributed by atoms with Crippen molar-refractivity contribution >= 4 is 22.4 Å². The predicted octanol–water partition coefficient (Wildman–Crippen LogP) is 3.48. The number of para-hydroxylation sites is 2. The molecule has 0 unspecified atom stereocenters. The maximum absolute atomic E-state index is 12.7. The Bertz CT molecular complexity index is 891.